The van der Waals surface area contributed by atoms with Gasteiger partial charge in [-0.2, -0.15) is 4.68 Å². The SMILES string of the molecule is C[NH+](Cc1ccccc1)Cn1[nH]c(=O)ccc1=O. The van der Waals surface area contributed by atoms with Gasteiger partial charge in [0.2, 0.25) is 0 Å². The maximum absolute atomic E-state index is 11.5. The molecule has 1 heterocycles. The van der Waals surface area contributed by atoms with Crippen LogP contribution in [0.3, 0.4) is 0 Å². The van der Waals surface area contributed by atoms with Gasteiger partial charge in [0.15, 0.2) is 6.67 Å². The second-order valence-electron chi connectivity index (χ2n) is 4.35. The van der Waals surface area contributed by atoms with Gasteiger partial charge in [0.1, 0.15) is 6.54 Å². The molecule has 5 nitrogen and oxygen atoms in total. The maximum Gasteiger partial charge on any atom is 0.269 e. The topological polar surface area (TPSA) is 59.3 Å². The third-order valence-electron chi connectivity index (χ3n) is 2.67. The molecule has 2 N–H and O–H groups in total. The van der Waals surface area contributed by atoms with Crippen LogP contribution in [0.15, 0.2) is 52.1 Å². The Morgan fingerprint density at radius 2 is 1.83 bits per heavy atom. The first-order valence-corrected chi connectivity index (χ1v) is 5.80. The number of nitrogens with zero attached hydrogens (tertiary/aromatic N) is 1. The predicted octanol–water partition coefficient (Wildman–Crippen LogP) is -0.791. The molecule has 0 fully saturated rings. The Hall–Kier alpha value is -2.14. The smallest absolute Gasteiger partial charge is 0.269 e. The third kappa shape index (κ3) is 3.18. The van der Waals surface area contributed by atoms with Gasteiger partial charge >= 0.3 is 0 Å². The van der Waals surface area contributed by atoms with Gasteiger partial charge in [0.25, 0.3) is 11.1 Å². The van der Waals surface area contributed by atoms with E-state index in [1.165, 1.54) is 22.4 Å². The van der Waals surface area contributed by atoms with Gasteiger partial charge < -0.3 is 4.90 Å². The summed E-state index contributed by atoms with van der Waals surface area (Å²) in [7, 11) is 1.98. The lowest BCUT2D eigenvalue weighted by Crippen LogP contribution is -3.07. The Labute approximate surface area is 104 Å². The quantitative estimate of drug-likeness (QED) is 0.742. The van der Waals surface area contributed by atoms with Crippen molar-refractivity contribution in [3.05, 3.63) is 68.7 Å². The summed E-state index contributed by atoms with van der Waals surface area (Å²) in [6.07, 6.45) is 0. The molecule has 5 heteroatoms. The average Bonchev–Trinajstić information content (AvgIpc) is 2.35. The van der Waals surface area contributed by atoms with E-state index >= 15 is 0 Å². The molecule has 1 atom stereocenters. The van der Waals surface area contributed by atoms with Crippen LogP contribution in [0.4, 0.5) is 0 Å². The molecule has 2 aromatic rings. The lowest BCUT2D eigenvalue weighted by Gasteiger charge is -2.14. The van der Waals surface area contributed by atoms with Crippen molar-refractivity contribution < 1.29 is 4.90 Å². The second kappa shape index (κ2) is 5.46. The first-order chi connectivity index (χ1) is 8.65. The van der Waals surface area contributed by atoms with Crippen LogP contribution in [0.25, 0.3) is 0 Å². The van der Waals surface area contributed by atoms with Crippen LogP contribution in [-0.4, -0.2) is 16.8 Å². The van der Waals surface area contributed by atoms with Gasteiger partial charge in [-0.3, -0.25) is 14.7 Å². The van der Waals surface area contributed by atoms with Gasteiger partial charge in [-0.1, -0.05) is 30.3 Å². The van der Waals surface area contributed by atoms with E-state index in [4.69, 9.17) is 0 Å². The van der Waals surface area contributed by atoms with Crippen LogP contribution in [0, 0.1) is 0 Å². The number of quaternary nitrogens is 1. The van der Waals surface area contributed by atoms with E-state index in [1.54, 1.807) is 0 Å². The minimum absolute atomic E-state index is 0.193. The Balaban J connectivity index is 2.08. The fourth-order valence-electron chi connectivity index (χ4n) is 1.85. The third-order valence-corrected chi connectivity index (χ3v) is 2.67. The highest BCUT2D eigenvalue weighted by Crippen LogP contribution is 1.94. The van der Waals surface area contributed by atoms with Gasteiger partial charge in [-0.05, 0) is 0 Å². The summed E-state index contributed by atoms with van der Waals surface area (Å²) in [4.78, 5) is 23.8. The minimum Gasteiger partial charge on any atom is -0.315 e. The van der Waals surface area contributed by atoms with Crippen LogP contribution in [0.2, 0.25) is 0 Å². The van der Waals surface area contributed by atoms with Crippen molar-refractivity contribution in [2.45, 2.75) is 13.2 Å². The lowest BCUT2D eigenvalue weighted by molar-refractivity contribution is -0.917. The van der Waals surface area contributed by atoms with Gasteiger partial charge in [-0.25, -0.2) is 0 Å². The van der Waals surface area contributed by atoms with E-state index in [2.05, 4.69) is 5.10 Å². The van der Waals surface area contributed by atoms with Crippen LogP contribution < -0.4 is 16.0 Å². The van der Waals surface area contributed by atoms with E-state index in [-0.39, 0.29) is 11.1 Å². The van der Waals surface area contributed by atoms with Crippen molar-refractivity contribution >= 4 is 0 Å². The minimum atomic E-state index is -0.262. The average molecular weight is 246 g/mol. The Morgan fingerprint density at radius 3 is 2.56 bits per heavy atom. The maximum atomic E-state index is 11.5. The number of aromatic amines is 1. The monoisotopic (exact) mass is 246 g/mol. The number of benzene rings is 1. The summed E-state index contributed by atoms with van der Waals surface area (Å²) in [5, 5.41) is 2.52. The Bertz CT molecular complexity index is 616. The number of hydrogen-bond acceptors (Lipinski definition) is 2. The molecule has 1 unspecified atom stereocenters. The number of H-pyrrole nitrogens is 1. The molecule has 18 heavy (non-hydrogen) atoms. The highest BCUT2D eigenvalue weighted by atomic mass is 16.1. The first-order valence-electron chi connectivity index (χ1n) is 5.80. The fraction of sp³-hybridized carbons (Fsp3) is 0.231. The summed E-state index contributed by atoms with van der Waals surface area (Å²) >= 11 is 0. The number of hydrogen-bond donors (Lipinski definition) is 2. The van der Waals surface area contributed by atoms with E-state index in [9.17, 15) is 9.59 Å². The molecule has 0 aliphatic carbocycles. The highest BCUT2D eigenvalue weighted by molar-refractivity contribution is 5.13. The molecule has 0 spiro atoms. The largest absolute Gasteiger partial charge is 0.315 e. The molecule has 0 amide bonds. The van der Waals surface area contributed by atoms with Crippen molar-refractivity contribution in [3.63, 3.8) is 0 Å². The van der Waals surface area contributed by atoms with E-state index in [0.717, 1.165) is 11.4 Å². The van der Waals surface area contributed by atoms with Gasteiger partial charge in [0, 0.05) is 17.7 Å². The van der Waals surface area contributed by atoms with Crippen molar-refractivity contribution in [2.75, 3.05) is 7.05 Å². The molecule has 94 valence electrons. The van der Waals surface area contributed by atoms with Crippen LogP contribution in [0.5, 0.6) is 0 Å². The predicted molar refractivity (Wildman–Crippen MR) is 68.4 cm³/mol. The van der Waals surface area contributed by atoms with Crippen LogP contribution in [0.1, 0.15) is 5.56 Å². The molecule has 2 rings (SSSR count). The van der Waals surface area contributed by atoms with Crippen LogP contribution >= 0.6 is 0 Å². The zero-order valence-corrected chi connectivity index (χ0v) is 10.2. The molecule has 0 bridgehead atoms. The lowest BCUT2D eigenvalue weighted by atomic mass is 10.2. The summed E-state index contributed by atoms with van der Waals surface area (Å²) in [5.41, 5.74) is 0.741. The van der Waals surface area contributed by atoms with Crippen molar-refractivity contribution in [2.24, 2.45) is 0 Å². The first kappa shape index (κ1) is 12.3. The molecule has 1 aromatic heterocycles. The van der Waals surface area contributed by atoms with Crippen molar-refractivity contribution in [1.82, 2.24) is 9.78 Å². The molecule has 0 radical (unpaired) electrons. The molecule has 1 aromatic carbocycles. The number of rotatable bonds is 4. The zero-order chi connectivity index (χ0) is 13.0. The molecule has 0 saturated heterocycles. The molecular formula is C13H16N3O2+. The summed E-state index contributed by atoms with van der Waals surface area (Å²) in [6.45, 7) is 1.23. The van der Waals surface area contributed by atoms with Gasteiger partial charge in [-0.15, -0.1) is 0 Å². The number of aromatic nitrogens is 2. The summed E-state index contributed by atoms with van der Waals surface area (Å²) < 4.78 is 1.33. The van der Waals surface area contributed by atoms with Gasteiger partial charge in [0.05, 0.1) is 7.05 Å². The molecule has 0 aliphatic rings. The van der Waals surface area contributed by atoms with Crippen LogP contribution in [-0.2, 0) is 13.2 Å². The summed E-state index contributed by atoms with van der Waals surface area (Å²) in [6, 6.07) is 12.6. The zero-order valence-electron chi connectivity index (χ0n) is 10.2. The number of nitrogens with one attached hydrogen (secondary N) is 2. The van der Waals surface area contributed by atoms with E-state index < -0.39 is 0 Å². The molecule has 0 saturated carbocycles. The molecule has 0 aliphatic heterocycles. The Morgan fingerprint density at radius 1 is 1.11 bits per heavy atom. The van der Waals surface area contributed by atoms with E-state index in [0.29, 0.717) is 6.67 Å². The second-order valence-corrected chi connectivity index (χ2v) is 4.35. The summed E-state index contributed by atoms with van der Waals surface area (Å²) in [5.74, 6) is 0. The Kier molecular flexibility index (Phi) is 3.74. The fourth-order valence-corrected chi connectivity index (χ4v) is 1.85. The normalized spacial score (nSPS) is 12.3. The van der Waals surface area contributed by atoms with Crippen molar-refractivity contribution in [1.29, 1.82) is 0 Å². The standard InChI is InChI=1S/C13H15N3O2/c1-15(9-11-5-3-2-4-6-11)10-16-13(18)8-7-12(17)14-16/h2-8H,9-10H2,1H3,(H,14,17)/p+1. The van der Waals surface area contributed by atoms with Crippen molar-refractivity contribution in [3.8, 4) is 0 Å². The van der Waals surface area contributed by atoms with E-state index in [1.807, 2.05) is 37.4 Å². The molecular weight excluding hydrogens is 230 g/mol. The highest BCUT2D eigenvalue weighted by Gasteiger charge is 2.05.